The van der Waals surface area contributed by atoms with Crippen LogP contribution in [0.4, 0.5) is 5.82 Å². The van der Waals surface area contributed by atoms with Crippen LogP contribution in [0.5, 0.6) is 0 Å². The minimum atomic E-state index is -0.124. The number of aromatic nitrogens is 1. The van der Waals surface area contributed by atoms with Crippen molar-refractivity contribution < 1.29 is 9.59 Å². The molecule has 21 heavy (non-hydrogen) atoms. The van der Waals surface area contributed by atoms with Crippen LogP contribution in [-0.4, -0.2) is 47.9 Å². The molecular formula is C15H22N4O2. The van der Waals surface area contributed by atoms with Gasteiger partial charge in [-0.2, -0.15) is 0 Å². The van der Waals surface area contributed by atoms with Crippen LogP contribution < -0.4 is 10.6 Å². The van der Waals surface area contributed by atoms with Gasteiger partial charge in [0.15, 0.2) is 0 Å². The molecule has 1 aliphatic rings. The molecular weight excluding hydrogens is 268 g/mol. The van der Waals surface area contributed by atoms with Gasteiger partial charge in [-0.1, -0.05) is 0 Å². The largest absolute Gasteiger partial charge is 0.370 e. The SMILES string of the molecule is CCNC(=O)c1ccc(NCCC(=O)N2CCCC2)nc1. The number of amides is 2. The maximum atomic E-state index is 11.9. The van der Waals surface area contributed by atoms with Gasteiger partial charge in [0.2, 0.25) is 5.91 Å². The lowest BCUT2D eigenvalue weighted by molar-refractivity contribution is -0.129. The van der Waals surface area contributed by atoms with Crippen LogP contribution in [0.15, 0.2) is 18.3 Å². The summed E-state index contributed by atoms with van der Waals surface area (Å²) in [6.07, 6.45) is 4.24. The molecule has 0 unspecified atom stereocenters. The fourth-order valence-electron chi connectivity index (χ4n) is 2.32. The van der Waals surface area contributed by atoms with Crippen LogP contribution in [0.1, 0.15) is 36.5 Å². The fraction of sp³-hybridized carbons (Fsp3) is 0.533. The molecule has 0 bridgehead atoms. The van der Waals surface area contributed by atoms with Gasteiger partial charge < -0.3 is 15.5 Å². The Morgan fingerprint density at radius 3 is 2.67 bits per heavy atom. The third-order valence-electron chi connectivity index (χ3n) is 3.47. The van der Waals surface area contributed by atoms with Gasteiger partial charge in [0, 0.05) is 38.8 Å². The van der Waals surface area contributed by atoms with Crippen molar-refractivity contribution in [2.45, 2.75) is 26.2 Å². The number of carbonyl (C=O) groups excluding carboxylic acids is 2. The summed E-state index contributed by atoms with van der Waals surface area (Å²) in [6, 6.07) is 3.48. The quantitative estimate of drug-likeness (QED) is 0.827. The second-order valence-corrected chi connectivity index (χ2v) is 5.06. The van der Waals surface area contributed by atoms with E-state index >= 15 is 0 Å². The lowest BCUT2D eigenvalue weighted by Crippen LogP contribution is -2.29. The van der Waals surface area contributed by atoms with Gasteiger partial charge in [-0.25, -0.2) is 4.98 Å². The summed E-state index contributed by atoms with van der Waals surface area (Å²) in [7, 11) is 0. The smallest absolute Gasteiger partial charge is 0.252 e. The minimum Gasteiger partial charge on any atom is -0.370 e. The topological polar surface area (TPSA) is 74.3 Å². The number of hydrogen-bond donors (Lipinski definition) is 2. The number of nitrogens with one attached hydrogen (secondary N) is 2. The van der Waals surface area contributed by atoms with Crippen molar-refractivity contribution in [1.29, 1.82) is 0 Å². The summed E-state index contributed by atoms with van der Waals surface area (Å²) in [4.78, 5) is 29.5. The van der Waals surface area contributed by atoms with E-state index in [1.165, 1.54) is 6.20 Å². The Morgan fingerprint density at radius 1 is 1.29 bits per heavy atom. The van der Waals surface area contributed by atoms with Crippen LogP contribution in [0.25, 0.3) is 0 Å². The molecule has 6 nitrogen and oxygen atoms in total. The third kappa shape index (κ3) is 4.44. The molecule has 2 rings (SSSR count). The van der Waals surface area contributed by atoms with Crippen molar-refractivity contribution in [3.63, 3.8) is 0 Å². The first-order chi connectivity index (χ1) is 10.2. The summed E-state index contributed by atoms with van der Waals surface area (Å²) in [6.45, 7) is 4.80. The fourth-order valence-corrected chi connectivity index (χ4v) is 2.32. The van der Waals surface area contributed by atoms with Crippen molar-refractivity contribution in [1.82, 2.24) is 15.2 Å². The van der Waals surface area contributed by atoms with Gasteiger partial charge in [-0.15, -0.1) is 0 Å². The lowest BCUT2D eigenvalue weighted by Gasteiger charge is -2.15. The Morgan fingerprint density at radius 2 is 2.05 bits per heavy atom. The number of hydrogen-bond acceptors (Lipinski definition) is 4. The summed E-state index contributed by atoms with van der Waals surface area (Å²) in [5, 5.41) is 5.83. The molecule has 2 heterocycles. The van der Waals surface area contributed by atoms with E-state index in [4.69, 9.17) is 0 Å². The Labute approximate surface area is 124 Å². The average Bonchev–Trinajstić information content (AvgIpc) is 3.02. The first kappa shape index (κ1) is 15.3. The van der Waals surface area contributed by atoms with Crippen LogP contribution in [0.3, 0.4) is 0 Å². The molecule has 0 aliphatic carbocycles. The highest BCUT2D eigenvalue weighted by Crippen LogP contribution is 2.09. The molecule has 2 amide bonds. The van der Waals surface area contributed by atoms with Gasteiger partial charge >= 0.3 is 0 Å². The lowest BCUT2D eigenvalue weighted by atomic mass is 10.2. The average molecular weight is 290 g/mol. The maximum Gasteiger partial charge on any atom is 0.252 e. The van der Waals surface area contributed by atoms with E-state index < -0.39 is 0 Å². The van der Waals surface area contributed by atoms with Crippen LogP contribution >= 0.6 is 0 Å². The zero-order valence-corrected chi connectivity index (χ0v) is 12.4. The van der Waals surface area contributed by atoms with E-state index in [9.17, 15) is 9.59 Å². The standard InChI is InChI=1S/C15H22N4O2/c1-2-16-15(21)12-5-6-13(18-11-12)17-8-7-14(20)19-9-3-4-10-19/h5-6,11H,2-4,7-10H2,1H3,(H,16,21)(H,17,18). The highest BCUT2D eigenvalue weighted by atomic mass is 16.2. The minimum absolute atomic E-state index is 0.124. The number of rotatable bonds is 6. The van der Waals surface area contributed by atoms with Crippen molar-refractivity contribution >= 4 is 17.6 Å². The maximum absolute atomic E-state index is 11.9. The predicted molar refractivity (Wildman–Crippen MR) is 81.2 cm³/mol. The molecule has 0 saturated carbocycles. The molecule has 0 spiro atoms. The molecule has 1 aromatic rings. The highest BCUT2D eigenvalue weighted by Gasteiger charge is 2.16. The number of likely N-dealkylation sites (tertiary alicyclic amines) is 1. The number of pyridine rings is 1. The molecule has 2 N–H and O–H groups in total. The van der Waals surface area contributed by atoms with Crippen LogP contribution in [0.2, 0.25) is 0 Å². The second-order valence-electron chi connectivity index (χ2n) is 5.06. The Hall–Kier alpha value is -2.11. The number of nitrogens with zero attached hydrogens (tertiary/aromatic N) is 2. The molecule has 1 saturated heterocycles. The van der Waals surface area contributed by atoms with Crippen LogP contribution in [-0.2, 0) is 4.79 Å². The molecule has 1 aliphatic heterocycles. The van der Waals surface area contributed by atoms with Crippen molar-refractivity contribution in [2.24, 2.45) is 0 Å². The van der Waals surface area contributed by atoms with Crippen molar-refractivity contribution in [3.8, 4) is 0 Å². The van der Waals surface area contributed by atoms with E-state index in [0.717, 1.165) is 25.9 Å². The normalized spacial score (nSPS) is 14.0. The van der Waals surface area contributed by atoms with Crippen molar-refractivity contribution in [3.05, 3.63) is 23.9 Å². The van der Waals surface area contributed by atoms with Crippen molar-refractivity contribution in [2.75, 3.05) is 31.5 Å². The Bertz CT molecular complexity index is 481. The van der Waals surface area contributed by atoms with Crippen LogP contribution in [0, 0.1) is 0 Å². The zero-order chi connectivity index (χ0) is 15.1. The number of carbonyl (C=O) groups is 2. The summed E-state index contributed by atoms with van der Waals surface area (Å²) >= 11 is 0. The summed E-state index contributed by atoms with van der Waals surface area (Å²) in [5.41, 5.74) is 0.538. The first-order valence-corrected chi connectivity index (χ1v) is 7.46. The van der Waals surface area contributed by atoms with E-state index in [-0.39, 0.29) is 11.8 Å². The molecule has 1 fully saturated rings. The highest BCUT2D eigenvalue weighted by molar-refractivity contribution is 5.93. The van der Waals surface area contributed by atoms with E-state index in [0.29, 0.717) is 30.9 Å². The van der Waals surface area contributed by atoms with Gasteiger partial charge in [0.25, 0.3) is 5.91 Å². The van der Waals surface area contributed by atoms with E-state index in [2.05, 4.69) is 15.6 Å². The molecule has 1 aromatic heterocycles. The molecule has 6 heteroatoms. The molecule has 0 aromatic carbocycles. The molecule has 114 valence electrons. The van der Waals surface area contributed by atoms with Gasteiger partial charge in [0.05, 0.1) is 5.56 Å². The summed E-state index contributed by atoms with van der Waals surface area (Å²) in [5.74, 6) is 0.747. The summed E-state index contributed by atoms with van der Waals surface area (Å²) < 4.78 is 0. The molecule has 0 atom stereocenters. The Balaban J connectivity index is 1.75. The van der Waals surface area contributed by atoms with E-state index in [1.54, 1.807) is 12.1 Å². The second kappa shape index (κ2) is 7.61. The number of anilines is 1. The van der Waals surface area contributed by atoms with Gasteiger partial charge in [0.1, 0.15) is 5.82 Å². The first-order valence-electron chi connectivity index (χ1n) is 7.46. The molecule has 0 radical (unpaired) electrons. The van der Waals surface area contributed by atoms with Gasteiger partial charge in [-0.05, 0) is 31.9 Å². The third-order valence-corrected chi connectivity index (χ3v) is 3.47. The Kier molecular flexibility index (Phi) is 5.54. The van der Waals surface area contributed by atoms with E-state index in [1.807, 2.05) is 11.8 Å². The zero-order valence-electron chi connectivity index (χ0n) is 12.4. The van der Waals surface area contributed by atoms with Gasteiger partial charge in [-0.3, -0.25) is 9.59 Å². The predicted octanol–water partition coefficient (Wildman–Crippen LogP) is 1.26. The monoisotopic (exact) mass is 290 g/mol.